The number of benzene rings is 1. The van der Waals surface area contributed by atoms with Crippen molar-refractivity contribution < 1.29 is 0 Å². The Balaban J connectivity index is 2.52. The van der Waals surface area contributed by atoms with Crippen LogP contribution in [0.5, 0.6) is 0 Å². The van der Waals surface area contributed by atoms with E-state index in [1.54, 1.807) is 10.8 Å². The van der Waals surface area contributed by atoms with Crippen molar-refractivity contribution in [1.29, 1.82) is 0 Å². The summed E-state index contributed by atoms with van der Waals surface area (Å²) in [6, 6.07) is 6.21. The first-order chi connectivity index (χ1) is 9.50. The maximum Gasteiger partial charge on any atom is 0.262 e. The molecule has 0 bridgehead atoms. The number of fused-ring (bicyclic) bond motifs is 3. The highest BCUT2D eigenvalue weighted by atomic mass is 16.1. The van der Waals surface area contributed by atoms with Gasteiger partial charge in [0.2, 0.25) is 5.78 Å². The van der Waals surface area contributed by atoms with Crippen LogP contribution in [0.25, 0.3) is 16.7 Å². The largest absolute Gasteiger partial charge is 0.285 e. The van der Waals surface area contributed by atoms with Gasteiger partial charge < -0.3 is 0 Å². The minimum absolute atomic E-state index is 0.0381. The third-order valence-corrected chi connectivity index (χ3v) is 3.75. The topological polar surface area (TPSA) is 39.3 Å². The van der Waals surface area contributed by atoms with Gasteiger partial charge in [-0.1, -0.05) is 19.9 Å². The molecule has 0 aliphatic heterocycles. The molecule has 104 valence electrons. The lowest BCUT2D eigenvalue weighted by Crippen LogP contribution is -2.24. The van der Waals surface area contributed by atoms with Gasteiger partial charge in [0.15, 0.2) is 0 Å². The molecule has 0 spiro atoms. The molecule has 0 aliphatic rings. The van der Waals surface area contributed by atoms with Gasteiger partial charge in [-0.05, 0) is 37.5 Å². The fraction of sp³-hybridized carbons (Fsp3) is 0.375. The summed E-state index contributed by atoms with van der Waals surface area (Å²) in [5, 5.41) is 0.760. The quantitative estimate of drug-likeness (QED) is 0.715. The molecule has 0 saturated carbocycles. The van der Waals surface area contributed by atoms with E-state index in [4.69, 9.17) is 0 Å². The molecular formula is C16H19N3O. The van der Waals surface area contributed by atoms with Crippen molar-refractivity contribution >= 4 is 16.7 Å². The van der Waals surface area contributed by atoms with E-state index < -0.39 is 0 Å². The van der Waals surface area contributed by atoms with Gasteiger partial charge in [-0.25, -0.2) is 4.98 Å². The highest BCUT2D eigenvalue weighted by Gasteiger charge is 2.14. The molecule has 2 heterocycles. The molecule has 2 aromatic heterocycles. The predicted molar refractivity (Wildman–Crippen MR) is 81.4 cm³/mol. The summed E-state index contributed by atoms with van der Waals surface area (Å²) in [4.78, 5) is 17.1. The van der Waals surface area contributed by atoms with E-state index in [1.807, 2.05) is 36.6 Å². The summed E-state index contributed by atoms with van der Waals surface area (Å²) < 4.78 is 3.74. The van der Waals surface area contributed by atoms with Crippen molar-refractivity contribution in [3.05, 3.63) is 46.5 Å². The molecule has 3 rings (SSSR count). The first kappa shape index (κ1) is 12.9. The Morgan fingerprint density at radius 1 is 1.15 bits per heavy atom. The maximum atomic E-state index is 12.8. The summed E-state index contributed by atoms with van der Waals surface area (Å²) >= 11 is 0. The van der Waals surface area contributed by atoms with Gasteiger partial charge in [-0.2, -0.15) is 0 Å². The molecule has 3 aromatic rings. The van der Waals surface area contributed by atoms with Crippen LogP contribution in [-0.2, 0) is 0 Å². The summed E-state index contributed by atoms with van der Waals surface area (Å²) in [5.41, 5.74) is 2.14. The van der Waals surface area contributed by atoms with Crippen LogP contribution >= 0.6 is 0 Å². The van der Waals surface area contributed by atoms with Gasteiger partial charge in [0, 0.05) is 18.4 Å². The second kappa shape index (κ2) is 4.47. The molecule has 0 unspecified atom stereocenters. The van der Waals surface area contributed by atoms with Crippen LogP contribution in [-0.4, -0.2) is 14.0 Å². The van der Waals surface area contributed by atoms with Crippen LogP contribution in [0.4, 0.5) is 0 Å². The third-order valence-electron chi connectivity index (χ3n) is 3.75. The van der Waals surface area contributed by atoms with Crippen molar-refractivity contribution in [2.24, 2.45) is 0 Å². The number of aromatic nitrogens is 3. The lowest BCUT2D eigenvalue weighted by Gasteiger charge is -2.15. The third kappa shape index (κ3) is 1.75. The second-order valence-corrected chi connectivity index (χ2v) is 5.80. The van der Waals surface area contributed by atoms with Crippen molar-refractivity contribution in [3.63, 3.8) is 0 Å². The maximum absolute atomic E-state index is 12.8. The molecule has 0 radical (unpaired) electrons. The molecule has 0 aliphatic carbocycles. The predicted octanol–water partition coefficient (Wildman–Crippen LogP) is 3.35. The zero-order valence-corrected chi connectivity index (χ0v) is 12.3. The van der Waals surface area contributed by atoms with Gasteiger partial charge >= 0.3 is 0 Å². The summed E-state index contributed by atoms with van der Waals surface area (Å²) in [6.45, 7) is 8.29. The number of hydrogen-bond donors (Lipinski definition) is 0. The van der Waals surface area contributed by atoms with Crippen LogP contribution < -0.4 is 5.56 Å². The van der Waals surface area contributed by atoms with Gasteiger partial charge in [-0.3, -0.25) is 13.8 Å². The van der Waals surface area contributed by atoms with E-state index in [-0.39, 0.29) is 11.6 Å². The molecular weight excluding hydrogens is 250 g/mol. The van der Waals surface area contributed by atoms with Crippen LogP contribution in [0, 0.1) is 0 Å². The lowest BCUT2D eigenvalue weighted by atomic mass is 10.0. The average molecular weight is 269 g/mol. The minimum Gasteiger partial charge on any atom is -0.285 e. The minimum atomic E-state index is 0.0381. The molecule has 1 aromatic carbocycles. The van der Waals surface area contributed by atoms with Crippen LogP contribution in [0.3, 0.4) is 0 Å². The van der Waals surface area contributed by atoms with E-state index in [0.717, 1.165) is 10.9 Å². The molecule has 0 amide bonds. The number of nitrogens with zero attached hydrogens (tertiary/aromatic N) is 3. The fourth-order valence-electron chi connectivity index (χ4n) is 2.64. The number of rotatable bonds is 2. The van der Waals surface area contributed by atoms with E-state index in [2.05, 4.69) is 24.9 Å². The average Bonchev–Trinajstić information content (AvgIpc) is 2.87. The number of imidazole rings is 1. The summed E-state index contributed by atoms with van der Waals surface area (Å²) in [5.74, 6) is 1.11. The van der Waals surface area contributed by atoms with Gasteiger partial charge in [-0.15, -0.1) is 0 Å². The van der Waals surface area contributed by atoms with Crippen LogP contribution in [0.15, 0.2) is 35.4 Å². The fourth-order valence-corrected chi connectivity index (χ4v) is 2.64. The Morgan fingerprint density at radius 3 is 2.55 bits per heavy atom. The molecule has 4 heteroatoms. The van der Waals surface area contributed by atoms with E-state index >= 15 is 0 Å². The summed E-state index contributed by atoms with van der Waals surface area (Å²) in [7, 11) is 0. The van der Waals surface area contributed by atoms with Crippen molar-refractivity contribution in [1.82, 2.24) is 14.0 Å². The van der Waals surface area contributed by atoms with Crippen molar-refractivity contribution in [2.45, 2.75) is 39.7 Å². The second-order valence-electron chi connectivity index (χ2n) is 5.80. The smallest absolute Gasteiger partial charge is 0.262 e. The normalized spacial score (nSPS) is 12.1. The van der Waals surface area contributed by atoms with Gasteiger partial charge in [0.1, 0.15) is 0 Å². The Kier molecular flexibility index (Phi) is 2.89. The highest BCUT2D eigenvalue weighted by molar-refractivity contribution is 5.81. The zero-order chi connectivity index (χ0) is 14.4. The van der Waals surface area contributed by atoms with Gasteiger partial charge in [0.05, 0.1) is 10.9 Å². The van der Waals surface area contributed by atoms with E-state index in [0.29, 0.717) is 11.7 Å². The zero-order valence-electron chi connectivity index (χ0n) is 12.3. The summed E-state index contributed by atoms with van der Waals surface area (Å²) in [6.07, 6.45) is 3.65. The first-order valence-electron chi connectivity index (χ1n) is 7.02. The SMILES string of the molecule is CC(C)c1ccc2c(c1)c(=O)n(C(C)C)c1nccn21. The monoisotopic (exact) mass is 269 g/mol. The standard InChI is InChI=1S/C16H19N3O/c1-10(2)12-5-6-14-13(9-12)15(20)19(11(3)4)16-17-7-8-18(14)16/h5-11H,1-4H3. The molecule has 0 N–H and O–H groups in total. The van der Waals surface area contributed by atoms with Gasteiger partial charge in [0.25, 0.3) is 5.56 Å². The van der Waals surface area contributed by atoms with Crippen LogP contribution in [0.1, 0.15) is 45.2 Å². The lowest BCUT2D eigenvalue weighted by molar-refractivity contribution is 0.589. The number of hydrogen-bond acceptors (Lipinski definition) is 2. The molecule has 20 heavy (non-hydrogen) atoms. The van der Waals surface area contributed by atoms with Crippen LogP contribution in [0.2, 0.25) is 0 Å². The Labute approximate surface area is 117 Å². The molecule has 0 fully saturated rings. The van der Waals surface area contributed by atoms with E-state index in [1.165, 1.54) is 5.56 Å². The molecule has 0 atom stereocenters. The molecule has 0 saturated heterocycles. The Hall–Kier alpha value is -2.10. The van der Waals surface area contributed by atoms with Crippen molar-refractivity contribution in [3.8, 4) is 0 Å². The highest BCUT2D eigenvalue weighted by Crippen LogP contribution is 2.21. The van der Waals surface area contributed by atoms with Crippen molar-refractivity contribution in [2.75, 3.05) is 0 Å². The molecule has 4 nitrogen and oxygen atoms in total. The Morgan fingerprint density at radius 2 is 1.90 bits per heavy atom. The first-order valence-corrected chi connectivity index (χ1v) is 7.02. The van der Waals surface area contributed by atoms with E-state index in [9.17, 15) is 4.79 Å². The Bertz CT molecular complexity index is 840.